The number of carbonyl (C=O) groups is 2. The number of fused-ring (bicyclic) bond motifs is 2. The van der Waals surface area contributed by atoms with Gasteiger partial charge in [0.25, 0.3) is 0 Å². The number of hydrogen-bond acceptors (Lipinski definition) is 8. The summed E-state index contributed by atoms with van der Waals surface area (Å²) in [5.41, 5.74) is 4.75. The number of aromatic nitrogens is 3. The third kappa shape index (κ3) is 3.40. The van der Waals surface area contributed by atoms with Crippen molar-refractivity contribution in [2.24, 2.45) is 5.92 Å². The number of hydrazine groups is 1. The summed E-state index contributed by atoms with van der Waals surface area (Å²) in [6, 6.07) is 8.61. The molecule has 162 valence electrons. The number of nitrogens with one attached hydrogen (secondary N) is 4. The van der Waals surface area contributed by atoms with Gasteiger partial charge >= 0.3 is 5.76 Å². The average Bonchev–Trinajstić information content (AvgIpc) is 3.38. The first-order chi connectivity index (χ1) is 14.9. The summed E-state index contributed by atoms with van der Waals surface area (Å²) in [7, 11) is 1.86. The molecule has 0 bridgehead atoms. The number of anilines is 1. The lowest BCUT2D eigenvalue weighted by molar-refractivity contribution is -0.131. The van der Waals surface area contributed by atoms with Gasteiger partial charge in [-0.25, -0.2) is 14.5 Å². The van der Waals surface area contributed by atoms with Crippen LogP contribution < -0.4 is 27.1 Å². The van der Waals surface area contributed by atoms with E-state index in [0.29, 0.717) is 29.2 Å². The van der Waals surface area contributed by atoms with Gasteiger partial charge in [0.05, 0.1) is 23.3 Å². The van der Waals surface area contributed by atoms with E-state index >= 15 is 0 Å². The Morgan fingerprint density at radius 2 is 2.13 bits per heavy atom. The molecule has 4 N–H and O–H groups in total. The van der Waals surface area contributed by atoms with Gasteiger partial charge in [-0.15, -0.1) is 0 Å². The molecule has 5 rings (SSSR count). The minimum atomic E-state index is -0.641. The highest BCUT2D eigenvalue weighted by Gasteiger charge is 2.43. The number of para-hydroxylation sites is 2. The zero-order chi connectivity index (χ0) is 21.7. The van der Waals surface area contributed by atoms with Gasteiger partial charge in [-0.3, -0.25) is 24.9 Å². The molecule has 3 aromatic rings. The number of carbonyl (C=O) groups excluding carboxylic acids is 2. The van der Waals surface area contributed by atoms with Crippen LogP contribution in [0, 0.1) is 12.8 Å². The molecular formula is C19H22N8O4. The summed E-state index contributed by atoms with van der Waals surface area (Å²) in [5.74, 6) is -0.961. The summed E-state index contributed by atoms with van der Waals surface area (Å²) in [4.78, 5) is 37.4. The van der Waals surface area contributed by atoms with Crippen molar-refractivity contribution in [3.8, 4) is 0 Å². The van der Waals surface area contributed by atoms with Crippen LogP contribution in [0.1, 0.15) is 12.0 Å². The number of aryl methyl sites for hydroxylation is 1. The first-order valence-electron chi connectivity index (χ1n) is 9.88. The molecule has 2 fully saturated rings. The summed E-state index contributed by atoms with van der Waals surface area (Å²) in [6.45, 7) is 2.11. The van der Waals surface area contributed by atoms with Crippen molar-refractivity contribution in [1.29, 1.82) is 0 Å². The molecule has 31 heavy (non-hydrogen) atoms. The number of benzene rings is 1. The van der Waals surface area contributed by atoms with E-state index in [2.05, 4.69) is 26.5 Å². The molecule has 12 heteroatoms. The fourth-order valence-corrected chi connectivity index (χ4v) is 4.06. The second-order valence-electron chi connectivity index (χ2n) is 7.69. The van der Waals surface area contributed by atoms with Crippen LogP contribution >= 0.6 is 0 Å². The van der Waals surface area contributed by atoms with Gasteiger partial charge < -0.3 is 15.1 Å². The van der Waals surface area contributed by atoms with Gasteiger partial charge in [0.2, 0.25) is 11.8 Å². The van der Waals surface area contributed by atoms with Crippen LogP contribution in [0.3, 0.4) is 0 Å². The fraction of sp³-hybridized carbons (Fsp3) is 0.368. The van der Waals surface area contributed by atoms with Gasteiger partial charge in [-0.2, -0.15) is 5.10 Å². The molecule has 1 aromatic carbocycles. The van der Waals surface area contributed by atoms with E-state index in [4.69, 9.17) is 4.42 Å². The highest BCUT2D eigenvalue weighted by Crippen LogP contribution is 2.23. The second-order valence-corrected chi connectivity index (χ2v) is 7.69. The number of nitrogens with zero attached hydrogens (tertiary/aromatic N) is 4. The molecule has 2 saturated heterocycles. The predicted molar refractivity (Wildman–Crippen MR) is 109 cm³/mol. The standard InChI is InChI=1S/C19H22N8O4/c1-10-7-14(21-15(28)9-26-12-5-3-4-6-13(12)31-19(26)30)27(24-10)18-22-16-11(17(29)23-18)8-20-25(16)2/h3-7,11,16,18,20,22H,8-9H2,1-2H3,(H,21,28)(H,23,29). The Labute approximate surface area is 176 Å². The second kappa shape index (κ2) is 7.34. The molecule has 2 aliphatic rings. The van der Waals surface area contributed by atoms with Gasteiger partial charge in [-0.1, -0.05) is 12.1 Å². The van der Waals surface area contributed by atoms with Crippen molar-refractivity contribution in [1.82, 2.24) is 35.4 Å². The Bertz CT molecular complexity index is 1230. The van der Waals surface area contributed by atoms with E-state index in [9.17, 15) is 14.4 Å². The Morgan fingerprint density at radius 3 is 2.97 bits per heavy atom. The Hall–Kier alpha value is -3.48. The third-order valence-electron chi connectivity index (χ3n) is 5.55. The summed E-state index contributed by atoms with van der Waals surface area (Å²) in [5, 5.41) is 15.3. The maximum atomic E-state index is 12.7. The lowest BCUT2D eigenvalue weighted by Gasteiger charge is -2.35. The van der Waals surface area contributed by atoms with E-state index in [1.165, 1.54) is 9.25 Å². The molecule has 0 saturated carbocycles. The Morgan fingerprint density at radius 1 is 1.32 bits per heavy atom. The normalized spacial score (nSPS) is 23.7. The third-order valence-corrected chi connectivity index (χ3v) is 5.55. The smallest absolute Gasteiger partial charge is 0.408 e. The van der Waals surface area contributed by atoms with E-state index < -0.39 is 18.0 Å². The van der Waals surface area contributed by atoms with Crippen molar-refractivity contribution >= 4 is 28.7 Å². The highest BCUT2D eigenvalue weighted by molar-refractivity contribution is 5.90. The molecule has 0 spiro atoms. The van der Waals surface area contributed by atoms with Gasteiger partial charge in [0.1, 0.15) is 12.4 Å². The lowest BCUT2D eigenvalue weighted by Crippen LogP contribution is -2.61. The van der Waals surface area contributed by atoms with Crippen LogP contribution in [0.25, 0.3) is 11.1 Å². The first kappa shape index (κ1) is 19.5. The van der Waals surface area contributed by atoms with Crippen LogP contribution in [0.4, 0.5) is 5.82 Å². The first-order valence-corrected chi connectivity index (χ1v) is 9.88. The van der Waals surface area contributed by atoms with Crippen LogP contribution in [-0.4, -0.2) is 50.9 Å². The summed E-state index contributed by atoms with van der Waals surface area (Å²) >= 11 is 0. The number of amides is 2. The molecule has 12 nitrogen and oxygen atoms in total. The molecule has 2 aliphatic heterocycles. The molecule has 4 heterocycles. The number of oxazole rings is 1. The average molecular weight is 426 g/mol. The van der Waals surface area contributed by atoms with Crippen molar-refractivity contribution in [2.45, 2.75) is 25.9 Å². The van der Waals surface area contributed by atoms with E-state index in [1.807, 2.05) is 12.1 Å². The lowest BCUT2D eigenvalue weighted by atomic mass is 10.1. The van der Waals surface area contributed by atoms with Crippen molar-refractivity contribution in [2.75, 3.05) is 18.9 Å². The Balaban J connectivity index is 1.37. The molecule has 0 radical (unpaired) electrons. The zero-order valence-electron chi connectivity index (χ0n) is 17.0. The van der Waals surface area contributed by atoms with Gasteiger partial charge in [0.15, 0.2) is 11.9 Å². The van der Waals surface area contributed by atoms with Crippen molar-refractivity contribution < 1.29 is 14.0 Å². The topological polar surface area (TPSA) is 138 Å². The SMILES string of the molecule is Cc1cc(NC(=O)Cn2c(=O)oc3ccccc32)n(C2NC(=O)C3CNN(C)C3N2)n1. The number of rotatable bonds is 4. The van der Waals surface area contributed by atoms with E-state index in [-0.39, 0.29) is 24.5 Å². The largest absolute Gasteiger partial charge is 0.420 e. The van der Waals surface area contributed by atoms with Crippen molar-refractivity contribution in [3.05, 3.63) is 46.6 Å². The molecule has 3 unspecified atom stereocenters. The predicted octanol–water partition coefficient (Wildman–Crippen LogP) is -0.694. The summed E-state index contributed by atoms with van der Waals surface area (Å²) < 4.78 is 7.96. The maximum Gasteiger partial charge on any atom is 0.420 e. The molecule has 0 aliphatic carbocycles. The maximum absolute atomic E-state index is 12.7. The minimum absolute atomic E-state index is 0.104. The monoisotopic (exact) mass is 426 g/mol. The van der Waals surface area contributed by atoms with Gasteiger partial charge in [0, 0.05) is 19.7 Å². The summed E-state index contributed by atoms with van der Waals surface area (Å²) in [6.07, 6.45) is -0.847. The minimum Gasteiger partial charge on any atom is -0.408 e. The van der Waals surface area contributed by atoms with E-state index in [1.54, 1.807) is 37.3 Å². The van der Waals surface area contributed by atoms with Crippen molar-refractivity contribution in [3.63, 3.8) is 0 Å². The van der Waals surface area contributed by atoms with E-state index in [0.717, 1.165) is 0 Å². The highest BCUT2D eigenvalue weighted by atomic mass is 16.4. The van der Waals surface area contributed by atoms with Gasteiger partial charge in [-0.05, 0) is 19.1 Å². The Kier molecular flexibility index (Phi) is 4.61. The zero-order valence-corrected chi connectivity index (χ0v) is 17.0. The molecule has 3 atom stereocenters. The van der Waals surface area contributed by atoms with Crippen LogP contribution in [0.15, 0.2) is 39.5 Å². The molecule has 2 aromatic heterocycles. The molecule has 2 amide bonds. The van der Waals surface area contributed by atoms with Crippen LogP contribution in [0.2, 0.25) is 0 Å². The fourth-order valence-electron chi connectivity index (χ4n) is 4.06. The quantitative estimate of drug-likeness (QED) is 0.430. The molecular weight excluding hydrogens is 404 g/mol. The number of hydrogen-bond donors (Lipinski definition) is 4. The van der Waals surface area contributed by atoms with Crippen LogP contribution in [0.5, 0.6) is 0 Å². The van der Waals surface area contributed by atoms with Crippen LogP contribution in [-0.2, 0) is 16.1 Å².